The van der Waals surface area contributed by atoms with E-state index in [1.54, 1.807) is 24.3 Å². The van der Waals surface area contributed by atoms with Crippen molar-refractivity contribution in [3.63, 3.8) is 0 Å². The van der Waals surface area contributed by atoms with Gasteiger partial charge < -0.3 is 5.32 Å². The Balaban J connectivity index is 1.78. The van der Waals surface area contributed by atoms with Crippen LogP contribution in [0.3, 0.4) is 0 Å². The largest absolute Gasteiger partial charge is 0.325 e. The number of hydrogen-bond donors (Lipinski definition) is 1. The van der Waals surface area contributed by atoms with Gasteiger partial charge in [0, 0.05) is 18.8 Å². The second kappa shape index (κ2) is 8.67. The highest BCUT2D eigenvalue weighted by Gasteiger charge is 2.33. The molecule has 29 heavy (non-hydrogen) atoms. The molecule has 1 amide bonds. The third-order valence-corrected chi connectivity index (χ3v) is 7.47. The van der Waals surface area contributed by atoms with E-state index >= 15 is 0 Å². The zero-order valence-corrected chi connectivity index (χ0v) is 18.4. The van der Waals surface area contributed by atoms with E-state index in [0.717, 1.165) is 22.4 Å². The zero-order chi connectivity index (χ0) is 21.2. The van der Waals surface area contributed by atoms with Crippen LogP contribution in [0.1, 0.15) is 49.3 Å². The Morgan fingerprint density at radius 3 is 2.45 bits per heavy atom. The molecule has 0 aromatic heterocycles. The molecule has 1 aliphatic rings. The Morgan fingerprint density at radius 1 is 1.10 bits per heavy atom. The first-order valence-electron chi connectivity index (χ1n) is 10.2. The molecule has 2 aromatic rings. The van der Waals surface area contributed by atoms with Crippen LogP contribution in [-0.2, 0) is 14.8 Å². The summed E-state index contributed by atoms with van der Waals surface area (Å²) >= 11 is 0. The highest BCUT2D eigenvalue weighted by atomic mass is 32.2. The Morgan fingerprint density at radius 2 is 1.79 bits per heavy atom. The van der Waals surface area contributed by atoms with Crippen molar-refractivity contribution in [2.45, 2.75) is 51.3 Å². The maximum atomic E-state index is 13.0. The quantitative estimate of drug-likeness (QED) is 0.785. The van der Waals surface area contributed by atoms with E-state index in [1.807, 2.05) is 32.0 Å². The number of nitrogens with zero attached hydrogens (tertiary/aromatic N) is 1. The highest BCUT2D eigenvalue weighted by molar-refractivity contribution is 7.89. The first-order chi connectivity index (χ1) is 13.7. The van der Waals surface area contributed by atoms with Crippen molar-refractivity contribution >= 4 is 21.6 Å². The molecule has 0 unspecified atom stereocenters. The van der Waals surface area contributed by atoms with Crippen LogP contribution < -0.4 is 5.32 Å². The summed E-state index contributed by atoms with van der Waals surface area (Å²) in [5, 5.41) is 3.09. The number of sulfonamides is 1. The van der Waals surface area contributed by atoms with Crippen molar-refractivity contribution in [1.29, 1.82) is 0 Å². The summed E-state index contributed by atoms with van der Waals surface area (Å²) in [4.78, 5) is 13.3. The molecule has 0 bridgehead atoms. The van der Waals surface area contributed by atoms with Gasteiger partial charge in [-0.1, -0.05) is 49.7 Å². The number of piperidine rings is 1. The van der Waals surface area contributed by atoms with Crippen LogP contribution in [0.4, 0.5) is 5.69 Å². The molecular weight excluding hydrogens is 384 g/mol. The second-order valence-corrected chi connectivity index (χ2v) is 10.1. The third-order valence-electron chi connectivity index (χ3n) is 5.59. The van der Waals surface area contributed by atoms with Crippen LogP contribution in [0.5, 0.6) is 0 Å². The number of nitrogens with one attached hydrogen (secondary N) is 1. The van der Waals surface area contributed by atoms with Crippen molar-refractivity contribution in [2.75, 3.05) is 18.4 Å². The molecule has 3 rings (SSSR count). The molecule has 1 aliphatic heterocycles. The van der Waals surface area contributed by atoms with E-state index < -0.39 is 10.0 Å². The van der Waals surface area contributed by atoms with Crippen LogP contribution in [0.15, 0.2) is 47.4 Å². The maximum absolute atomic E-state index is 13.0. The van der Waals surface area contributed by atoms with Crippen molar-refractivity contribution in [3.8, 4) is 0 Å². The van der Waals surface area contributed by atoms with Gasteiger partial charge in [0.05, 0.1) is 10.8 Å². The van der Waals surface area contributed by atoms with Gasteiger partial charge in [0.1, 0.15) is 0 Å². The third kappa shape index (κ3) is 4.70. The van der Waals surface area contributed by atoms with Gasteiger partial charge in [0.25, 0.3) is 0 Å². The predicted octanol–water partition coefficient (Wildman–Crippen LogP) is 4.47. The first-order valence-corrected chi connectivity index (χ1v) is 11.6. The SMILES string of the molecule is Cc1ccc(S(=O)(=O)N2CCC[C@@H](C(=O)Nc3c(C)cccc3C(C)C)C2)cc1. The number of carbonyl (C=O) groups is 1. The minimum atomic E-state index is -3.59. The number of hydrogen-bond acceptors (Lipinski definition) is 3. The summed E-state index contributed by atoms with van der Waals surface area (Å²) in [5.74, 6) is -0.177. The molecule has 1 fully saturated rings. The number of anilines is 1. The van der Waals surface area contributed by atoms with Gasteiger partial charge in [0.15, 0.2) is 0 Å². The summed E-state index contributed by atoms with van der Waals surface area (Å²) in [6.45, 7) is 8.76. The lowest BCUT2D eigenvalue weighted by molar-refractivity contribution is -0.120. The fraction of sp³-hybridized carbons (Fsp3) is 0.435. The predicted molar refractivity (Wildman–Crippen MR) is 117 cm³/mol. The van der Waals surface area contributed by atoms with E-state index in [0.29, 0.717) is 19.4 Å². The lowest BCUT2D eigenvalue weighted by atomic mass is 9.95. The molecule has 156 valence electrons. The second-order valence-electron chi connectivity index (χ2n) is 8.20. The van der Waals surface area contributed by atoms with Crippen LogP contribution in [-0.4, -0.2) is 31.7 Å². The van der Waals surface area contributed by atoms with Gasteiger partial charge in [-0.25, -0.2) is 8.42 Å². The Kier molecular flexibility index (Phi) is 6.44. The Labute approximate surface area is 174 Å². The van der Waals surface area contributed by atoms with Gasteiger partial charge >= 0.3 is 0 Å². The Bertz CT molecular complexity index is 982. The smallest absolute Gasteiger partial charge is 0.243 e. The molecule has 1 atom stereocenters. The van der Waals surface area contributed by atoms with Crippen molar-refractivity contribution in [2.24, 2.45) is 5.92 Å². The van der Waals surface area contributed by atoms with Crippen molar-refractivity contribution in [1.82, 2.24) is 4.31 Å². The average molecular weight is 415 g/mol. The van der Waals surface area contributed by atoms with Crippen LogP contribution in [0, 0.1) is 19.8 Å². The maximum Gasteiger partial charge on any atom is 0.243 e. The van der Waals surface area contributed by atoms with Gasteiger partial charge in [-0.3, -0.25) is 4.79 Å². The van der Waals surface area contributed by atoms with Gasteiger partial charge in [0.2, 0.25) is 15.9 Å². The standard InChI is InChI=1S/C23H30N2O3S/c1-16(2)21-9-5-7-18(4)22(21)24-23(26)19-8-6-14-25(15-19)29(27,28)20-12-10-17(3)11-13-20/h5,7,9-13,16,19H,6,8,14-15H2,1-4H3,(H,24,26)/t19-/m1/s1. The first kappa shape index (κ1) is 21.5. The minimum Gasteiger partial charge on any atom is -0.325 e. The lowest BCUT2D eigenvalue weighted by Crippen LogP contribution is -2.43. The van der Waals surface area contributed by atoms with Crippen molar-refractivity contribution < 1.29 is 13.2 Å². The van der Waals surface area contributed by atoms with E-state index in [2.05, 4.69) is 19.2 Å². The average Bonchev–Trinajstić information content (AvgIpc) is 2.69. The summed E-state index contributed by atoms with van der Waals surface area (Å²) in [5.41, 5.74) is 3.98. The molecule has 2 aromatic carbocycles. The fourth-order valence-electron chi connectivity index (χ4n) is 3.80. The Hall–Kier alpha value is -2.18. The van der Waals surface area contributed by atoms with Crippen LogP contribution in [0.2, 0.25) is 0 Å². The molecule has 6 heteroatoms. The van der Waals surface area contributed by atoms with Gasteiger partial charge in [-0.05, 0) is 55.9 Å². The van der Waals surface area contributed by atoms with Crippen molar-refractivity contribution in [3.05, 3.63) is 59.2 Å². The minimum absolute atomic E-state index is 0.106. The monoisotopic (exact) mass is 414 g/mol. The van der Waals surface area contributed by atoms with Gasteiger partial charge in [-0.15, -0.1) is 0 Å². The number of amides is 1. The van der Waals surface area contributed by atoms with E-state index in [-0.39, 0.29) is 29.2 Å². The normalized spacial score (nSPS) is 18.0. The number of benzene rings is 2. The number of rotatable bonds is 5. The van der Waals surface area contributed by atoms with Crippen LogP contribution >= 0.6 is 0 Å². The zero-order valence-electron chi connectivity index (χ0n) is 17.6. The number of para-hydroxylation sites is 1. The van der Waals surface area contributed by atoms with E-state index in [1.165, 1.54) is 4.31 Å². The summed E-state index contributed by atoms with van der Waals surface area (Å²) < 4.78 is 27.5. The van der Waals surface area contributed by atoms with E-state index in [4.69, 9.17) is 0 Å². The molecule has 0 radical (unpaired) electrons. The summed E-state index contributed by atoms with van der Waals surface area (Å²) in [6, 6.07) is 12.9. The lowest BCUT2D eigenvalue weighted by Gasteiger charge is -2.31. The highest BCUT2D eigenvalue weighted by Crippen LogP contribution is 2.30. The molecular formula is C23H30N2O3S. The fourth-order valence-corrected chi connectivity index (χ4v) is 5.33. The number of carbonyl (C=O) groups excluding carboxylic acids is 1. The summed E-state index contributed by atoms with van der Waals surface area (Å²) in [6.07, 6.45) is 1.36. The molecule has 1 heterocycles. The summed E-state index contributed by atoms with van der Waals surface area (Å²) in [7, 11) is -3.59. The molecule has 5 nitrogen and oxygen atoms in total. The molecule has 1 N–H and O–H groups in total. The van der Waals surface area contributed by atoms with E-state index in [9.17, 15) is 13.2 Å². The molecule has 0 saturated carbocycles. The van der Waals surface area contributed by atoms with Gasteiger partial charge in [-0.2, -0.15) is 4.31 Å². The molecule has 1 saturated heterocycles. The van der Waals surface area contributed by atoms with Crippen LogP contribution in [0.25, 0.3) is 0 Å². The molecule has 0 aliphatic carbocycles. The molecule has 0 spiro atoms. The topological polar surface area (TPSA) is 66.5 Å². The number of aryl methyl sites for hydroxylation is 2.